The summed E-state index contributed by atoms with van der Waals surface area (Å²) in [5.74, 6) is 0.619. The molecular formula is C23H24N4O3. The third-order valence-electron chi connectivity index (χ3n) is 5.70. The Morgan fingerprint density at radius 2 is 1.97 bits per heavy atom. The van der Waals surface area contributed by atoms with Gasteiger partial charge in [0, 0.05) is 43.2 Å². The summed E-state index contributed by atoms with van der Waals surface area (Å²) in [5.41, 5.74) is 2.67. The molecule has 1 aromatic heterocycles. The molecule has 3 heterocycles. The fourth-order valence-electron chi connectivity index (χ4n) is 4.46. The molecule has 0 amide bonds. The topological polar surface area (TPSA) is 90.5 Å². The SMILES string of the molecule is CC1CN(Cc2c(O)ccc3c2O/C(=C\c2n[nH]c4ccccc24)C3=O)CC(C)N1. The van der Waals surface area contributed by atoms with Gasteiger partial charge in [-0.25, -0.2) is 0 Å². The number of carbonyl (C=O) groups is 1. The Hall–Kier alpha value is -3.16. The summed E-state index contributed by atoms with van der Waals surface area (Å²) in [6.45, 7) is 6.55. The quantitative estimate of drug-likeness (QED) is 0.582. The van der Waals surface area contributed by atoms with Gasteiger partial charge < -0.3 is 15.2 Å². The minimum Gasteiger partial charge on any atom is -0.507 e. The number of rotatable bonds is 3. The number of hydrogen-bond acceptors (Lipinski definition) is 6. The lowest BCUT2D eigenvalue weighted by Crippen LogP contribution is -2.53. The number of aromatic nitrogens is 2. The van der Waals surface area contributed by atoms with E-state index in [9.17, 15) is 9.90 Å². The molecule has 0 spiro atoms. The van der Waals surface area contributed by atoms with E-state index in [1.165, 1.54) is 0 Å². The molecule has 1 saturated heterocycles. The second-order valence-electron chi connectivity index (χ2n) is 8.20. The number of ketones is 1. The molecule has 3 aromatic rings. The first-order valence-corrected chi connectivity index (χ1v) is 10.2. The zero-order valence-electron chi connectivity index (χ0n) is 17.0. The number of Topliss-reactive ketones (excluding diaryl/α,β-unsaturated/α-hetero) is 1. The Balaban J connectivity index is 1.48. The number of carbonyl (C=O) groups excluding carboxylic acids is 1. The monoisotopic (exact) mass is 404 g/mol. The van der Waals surface area contributed by atoms with Crippen LogP contribution in [-0.2, 0) is 6.54 Å². The first-order valence-electron chi connectivity index (χ1n) is 10.2. The van der Waals surface area contributed by atoms with Crippen molar-refractivity contribution in [2.75, 3.05) is 13.1 Å². The van der Waals surface area contributed by atoms with Crippen LogP contribution in [0.25, 0.3) is 17.0 Å². The summed E-state index contributed by atoms with van der Waals surface area (Å²) in [6.07, 6.45) is 1.66. The van der Waals surface area contributed by atoms with Crippen LogP contribution in [0.4, 0.5) is 0 Å². The highest BCUT2D eigenvalue weighted by atomic mass is 16.5. The van der Waals surface area contributed by atoms with E-state index in [-0.39, 0.29) is 17.3 Å². The maximum atomic E-state index is 13.0. The van der Waals surface area contributed by atoms with Crippen molar-refractivity contribution in [2.24, 2.45) is 0 Å². The van der Waals surface area contributed by atoms with Crippen LogP contribution in [0.5, 0.6) is 11.5 Å². The number of aromatic hydroxyl groups is 1. The molecule has 1 fully saturated rings. The molecule has 0 saturated carbocycles. The lowest BCUT2D eigenvalue weighted by atomic mass is 10.0. The van der Waals surface area contributed by atoms with E-state index >= 15 is 0 Å². The number of hydrogen-bond donors (Lipinski definition) is 3. The van der Waals surface area contributed by atoms with Crippen LogP contribution < -0.4 is 10.1 Å². The fourth-order valence-corrected chi connectivity index (χ4v) is 4.46. The average Bonchev–Trinajstić information content (AvgIpc) is 3.25. The van der Waals surface area contributed by atoms with Crippen molar-refractivity contribution in [1.29, 1.82) is 0 Å². The second-order valence-corrected chi connectivity index (χ2v) is 8.20. The number of ether oxygens (including phenoxy) is 1. The number of H-pyrrole nitrogens is 1. The summed E-state index contributed by atoms with van der Waals surface area (Å²) in [7, 11) is 0. The van der Waals surface area contributed by atoms with Gasteiger partial charge in [-0.3, -0.25) is 14.8 Å². The van der Waals surface area contributed by atoms with E-state index in [0.29, 0.717) is 41.2 Å². The van der Waals surface area contributed by atoms with Gasteiger partial charge in [0.15, 0.2) is 5.76 Å². The highest BCUT2D eigenvalue weighted by Crippen LogP contribution is 2.40. The van der Waals surface area contributed by atoms with Crippen molar-refractivity contribution in [1.82, 2.24) is 20.4 Å². The van der Waals surface area contributed by atoms with Crippen molar-refractivity contribution in [3.05, 3.63) is 59.0 Å². The Morgan fingerprint density at radius 3 is 2.77 bits per heavy atom. The molecule has 154 valence electrons. The zero-order chi connectivity index (χ0) is 20.8. The van der Waals surface area contributed by atoms with Gasteiger partial charge in [-0.15, -0.1) is 0 Å². The molecule has 2 aliphatic heterocycles. The number of para-hydroxylation sites is 1. The van der Waals surface area contributed by atoms with Crippen molar-refractivity contribution in [3.63, 3.8) is 0 Å². The molecule has 0 bridgehead atoms. The smallest absolute Gasteiger partial charge is 0.232 e. The van der Waals surface area contributed by atoms with Crippen LogP contribution in [-0.4, -0.2) is 51.2 Å². The van der Waals surface area contributed by atoms with Crippen LogP contribution in [0.15, 0.2) is 42.2 Å². The molecule has 0 aliphatic carbocycles. The van der Waals surface area contributed by atoms with Gasteiger partial charge >= 0.3 is 0 Å². The van der Waals surface area contributed by atoms with Crippen LogP contribution in [0.2, 0.25) is 0 Å². The maximum Gasteiger partial charge on any atom is 0.232 e. The first kappa shape index (κ1) is 18.8. The number of nitrogens with one attached hydrogen (secondary N) is 2. The number of phenols is 1. The first-order chi connectivity index (χ1) is 14.5. The number of nitrogens with zero attached hydrogens (tertiary/aromatic N) is 2. The van der Waals surface area contributed by atoms with E-state index in [1.807, 2.05) is 24.3 Å². The maximum absolute atomic E-state index is 13.0. The number of aromatic amines is 1. The molecule has 0 radical (unpaired) electrons. The lowest BCUT2D eigenvalue weighted by Gasteiger charge is -2.36. The molecular weight excluding hydrogens is 380 g/mol. The van der Waals surface area contributed by atoms with Crippen LogP contribution >= 0.6 is 0 Å². The summed E-state index contributed by atoms with van der Waals surface area (Å²) in [5, 5.41) is 22.2. The van der Waals surface area contributed by atoms with Crippen molar-refractivity contribution in [3.8, 4) is 11.5 Å². The number of phenolic OH excluding ortho intramolecular Hbond substituents is 1. The molecule has 7 heteroatoms. The number of fused-ring (bicyclic) bond motifs is 2. The lowest BCUT2D eigenvalue weighted by molar-refractivity contribution is 0.101. The highest BCUT2D eigenvalue weighted by Gasteiger charge is 2.33. The molecule has 7 nitrogen and oxygen atoms in total. The van der Waals surface area contributed by atoms with E-state index in [4.69, 9.17) is 4.74 Å². The average molecular weight is 404 g/mol. The third-order valence-corrected chi connectivity index (χ3v) is 5.70. The predicted octanol–water partition coefficient (Wildman–Crippen LogP) is 3.07. The summed E-state index contributed by atoms with van der Waals surface area (Å²) < 4.78 is 6.00. The minimum absolute atomic E-state index is 0.145. The fraction of sp³-hybridized carbons (Fsp3) is 0.304. The number of piperazine rings is 1. The largest absolute Gasteiger partial charge is 0.507 e. The second kappa shape index (κ2) is 7.27. The van der Waals surface area contributed by atoms with Crippen LogP contribution in [0, 0.1) is 0 Å². The summed E-state index contributed by atoms with van der Waals surface area (Å²) >= 11 is 0. The molecule has 2 unspecified atom stereocenters. The van der Waals surface area contributed by atoms with E-state index < -0.39 is 0 Å². The molecule has 3 N–H and O–H groups in total. The van der Waals surface area contributed by atoms with E-state index in [1.54, 1.807) is 18.2 Å². The van der Waals surface area contributed by atoms with Gasteiger partial charge in [-0.2, -0.15) is 5.10 Å². The van der Waals surface area contributed by atoms with Crippen molar-refractivity contribution in [2.45, 2.75) is 32.5 Å². The number of allylic oxidation sites excluding steroid dienone is 1. The number of benzene rings is 2. The van der Waals surface area contributed by atoms with Gasteiger partial charge in [0.25, 0.3) is 0 Å². The van der Waals surface area contributed by atoms with Crippen molar-refractivity contribution < 1.29 is 14.6 Å². The molecule has 2 aromatic carbocycles. The van der Waals surface area contributed by atoms with Gasteiger partial charge in [0.05, 0.1) is 22.3 Å². The molecule has 2 aliphatic rings. The summed E-state index contributed by atoms with van der Waals surface area (Å²) in [6, 6.07) is 11.7. The van der Waals surface area contributed by atoms with Gasteiger partial charge in [-0.05, 0) is 32.0 Å². The minimum atomic E-state index is -0.194. The third kappa shape index (κ3) is 3.26. The van der Waals surface area contributed by atoms with E-state index in [0.717, 1.165) is 24.0 Å². The van der Waals surface area contributed by atoms with Gasteiger partial charge in [-0.1, -0.05) is 18.2 Å². The summed E-state index contributed by atoms with van der Waals surface area (Å²) in [4.78, 5) is 15.3. The standard InChI is InChI=1S/C23H24N4O3/c1-13-10-27(11-14(2)24-13)12-17-20(28)8-7-16-22(29)21(30-23(16)17)9-19-15-5-3-4-6-18(15)25-26-19/h3-9,13-14,24,28H,10-12H2,1-2H3,(H,25,26)/b21-9-. The predicted molar refractivity (Wildman–Crippen MR) is 114 cm³/mol. The Morgan fingerprint density at radius 1 is 1.20 bits per heavy atom. The van der Waals surface area contributed by atoms with Crippen LogP contribution in [0.1, 0.15) is 35.5 Å². The van der Waals surface area contributed by atoms with Crippen molar-refractivity contribution >= 4 is 22.8 Å². The molecule has 5 rings (SSSR count). The normalized spacial score (nSPS) is 23.1. The van der Waals surface area contributed by atoms with Crippen LogP contribution in [0.3, 0.4) is 0 Å². The molecule has 30 heavy (non-hydrogen) atoms. The Bertz CT molecular complexity index is 1160. The highest BCUT2D eigenvalue weighted by molar-refractivity contribution is 6.15. The Labute approximate surface area is 174 Å². The van der Waals surface area contributed by atoms with E-state index in [2.05, 4.69) is 34.3 Å². The zero-order valence-corrected chi connectivity index (χ0v) is 17.0. The van der Waals surface area contributed by atoms with Gasteiger partial charge in [0.2, 0.25) is 5.78 Å². The Kier molecular flexibility index (Phi) is 4.56. The molecule has 2 atom stereocenters. The van der Waals surface area contributed by atoms with Gasteiger partial charge in [0.1, 0.15) is 11.5 Å².